The second-order valence-corrected chi connectivity index (χ2v) is 8.64. The highest BCUT2D eigenvalue weighted by molar-refractivity contribution is 5.76. The molecule has 1 fully saturated rings. The van der Waals surface area contributed by atoms with E-state index in [2.05, 4.69) is 28.4 Å². The zero-order valence-corrected chi connectivity index (χ0v) is 18.2. The molecule has 0 radical (unpaired) electrons. The molecule has 1 saturated carbocycles. The van der Waals surface area contributed by atoms with Gasteiger partial charge in [-0.25, -0.2) is 0 Å². The predicted molar refractivity (Wildman–Crippen MR) is 120 cm³/mol. The highest BCUT2D eigenvalue weighted by atomic mass is 16.5. The Balaban J connectivity index is 1.34. The van der Waals surface area contributed by atoms with E-state index in [0.717, 1.165) is 56.8 Å². The van der Waals surface area contributed by atoms with Gasteiger partial charge in [0.25, 0.3) is 0 Å². The Labute approximate surface area is 181 Å². The number of nitrogens with zero attached hydrogens (tertiary/aromatic N) is 2. The van der Waals surface area contributed by atoms with E-state index in [0.29, 0.717) is 19.1 Å². The van der Waals surface area contributed by atoms with Crippen molar-refractivity contribution in [2.24, 2.45) is 5.92 Å². The van der Waals surface area contributed by atoms with Crippen molar-refractivity contribution < 1.29 is 9.53 Å². The molecule has 1 N–H and O–H groups in total. The number of carbonyl (C=O) groups is 1. The first-order chi connectivity index (χ1) is 14.7. The molecular weight excluding hydrogens is 374 g/mol. The molecule has 1 aromatic rings. The van der Waals surface area contributed by atoms with Crippen LogP contribution in [0.5, 0.6) is 0 Å². The van der Waals surface area contributed by atoms with Gasteiger partial charge in [-0.1, -0.05) is 18.2 Å². The average molecular weight is 410 g/mol. The molecule has 0 spiro atoms. The molecule has 0 unspecified atom stereocenters. The Morgan fingerprint density at radius 2 is 2.13 bits per heavy atom. The number of hydrogen-bond acceptors (Lipinski definition) is 4. The maximum atomic E-state index is 12.0. The Kier molecular flexibility index (Phi) is 8.92. The van der Waals surface area contributed by atoms with Gasteiger partial charge in [-0.3, -0.25) is 9.69 Å². The third-order valence-corrected chi connectivity index (χ3v) is 6.47. The molecule has 5 nitrogen and oxygen atoms in total. The first kappa shape index (κ1) is 22.5. The summed E-state index contributed by atoms with van der Waals surface area (Å²) in [5.74, 6) is 0.955. The van der Waals surface area contributed by atoms with Crippen LogP contribution >= 0.6 is 0 Å². The van der Waals surface area contributed by atoms with Crippen LogP contribution in [0, 0.1) is 17.2 Å². The van der Waals surface area contributed by atoms with Gasteiger partial charge in [-0.2, -0.15) is 5.26 Å². The number of nitriles is 1. The lowest BCUT2D eigenvalue weighted by Gasteiger charge is -2.32. The van der Waals surface area contributed by atoms with Crippen LogP contribution in [0.4, 0.5) is 0 Å². The SMILES string of the molecule is COCCCC(=O)NC1CCC(CCN2CC=C(c3cccc(C#N)c3)CC2)CC1. The van der Waals surface area contributed by atoms with Crippen molar-refractivity contribution in [3.63, 3.8) is 0 Å². The van der Waals surface area contributed by atoms with E-state index in [9.17, 15) is 4.79 Å². The third kappa shape index (κ3) is 6.97. The lowest BCUT2D eigenvalue weighted by atomic mass is 9.84. The van der Waals surface area contributed by atoms with Crippen LogP contribution in [0.3, 0.4) is 0 Å². The minimum atomic E-state index is 0.173. The van der Waals surface area contributed by atoms with Crippen LogP contribution in [0.25, 0.3) is 5.57 Å². The second-order valence-electron chi connectivity index (χ2n) is 8.64. The quantitative estimate of drug-likeness (QED) is 0.623. The molecule has 30 heavy (non-hydrogen) atoms. The van der Waals surface area contributed by atoms with Crippen LogP contribution in [0.15, 0.2) is 30.3 Å². The fourth-order valence-electron chi connectivity index (χ4n) is 4.60. The van der Waals surface area contributed by atoms with Crippen molar-refractivity contribution in [2.75, 3.05) is 33.4 Å². The number of amides is 1. The van der Waals surface area contributed by atoms with Crippen molar-refractivity contribution >= 4 is 11.5 Å². The zero-order chi connectivity index (χ0) is 21.2. The number of carbonyl (C=O) groups excluding carboxylic acids is 1. The summed E-state index contributed by atoms with van der Waals surface area (Å²) in [7, 11) is 1.67. The molecule has 1 aliphatic carbocycles. The van der Waals surface area contributed by atoms with Gasteiger partial charge in [0.05, 0.1) is 11.6 Å². The molecule has 1 heterocycles. The first-order valence-electron chi connectivity index (χ1n) is 11.4. The minimum absolute atomic E-state index is 0.173. The molecule has 1 aliphatic heterocycles. The van der Waals surface area contributed by atoms with E-state index in [4.69, 9.17) is 10.00 Å². The molecule has 0 bridgehead atoms. The molecule has 2 aliphatic rings. The third-order valence-electron chi connectivity index (χ3n) is 6.47. The average Bonchev–Trinajstić information content (AvgIpc) is 2.79. The lowest BCUT2D eigenvalue weighted by molar-refractivity contribution is -0.122. The van der Waals surface area contributed by atoms with E-state index < -0.39 is 0 Å². The monoisotopic (exact) mass is 409 g/mol. The maximum absolute atomic E-state index is 12.0. The molecule has 162 valence electrons. The Morgan fingerprint density at radius 1 is 1.30 bits per heavy atom. The van der Waals surface area contributed by atoms with E-state index in [1.165, 1.54) is 30.4 Å². The Hall–Kier alpha value is -2.16. The van der Waals surface area contributed by atoms with E-state index in [1.54, 1.807) is 7.11 Å². The summed E-state index contributed by atoms with van der Waals surface area (Å²) >= 11 is 0. The number of methoxy groups -OCH3 is 1. The standard InChI is InChI=1S/C25H35N3O2/c1-30-17-3-6-25(29)27-24-9-7-20(8-10-24)11-14-28-15-12-22(13-16-28)23-5-2-4-21(18-23)19-26/h2,4-5,12,18,20,24H,3,6-11,13-17H2,1H3,(H,27,29). The molecule has 3 rings (SSSR count). The van der Waals surface area contributed by atoms with Gasteiger partial charge in [0, 0.05) is 39.3 Å². The van der Waals surface area contributed by atoms with Crippen LogP contribution in [-0.2, 0) is 9.53 Å². The van der Waals surface area contributed by atoms with Crippen molar-refractivity contribution in [1.82, 2.24) is 10.2 Å². The van der Waals surface area contributed by atoms with Gasteiger partial charge in [0.15, 0.2) is 0 Å². The normalized spacial score (nSPS) is 22.2. The van der Waals surface area contributed by atoms with Crippen molar-refractivity contribution in [3.8, 4) is 6.07 Å². The van der Waals surface area contributed by atoms with Gasteiger partial charge >= 0.3 is 0 Å². The molecule has 0 aromatic heterocycles. The number of benzene rings is 1. The summed E-state index contributed by atoms with van der Waals surface area (Å²) in [6.07, 6.45) is 10.7. The number of rotatable bonds is 9. The van der Waals surface area contributed by atoms with Gasteiger partial charge in [-0.05, 0) is 80.7 Å². The summed E-state index contributed by atoms with van der Waals surface area (Å²) < 4.78 is 5.01. The summed E-state index contributed by atoms with van der Waals surface area (Å²) in [6.45, 7) is 3.90. The largest absolute Gasteiger partial charge is 0.385 e. The highest BCUT2D eigenvalue weighted by Crippen LogP contribution is 2.28. The number of nitrogens with one attached hydrogen (secondary N) is 1. The molecule has 1 amide bonds. The van der Waals surface area contributed by atoms with Crippen LogP contribution in [0.1, 0.15) is 62.5 Å². The summed E-state index contributed by atoms with van der Waals surface area (Å²) in [4.78, 5) is 14.5. The molecule has 1 aromatic carbocycles. The lowest BCUT2D eigenvalue weighted by Crippen LogP contribution is -2.38. The Morgan fingerprint density at radius 3 is 2.83 bits per heavy atom. The fraction of sp³-hybridized carbons (Fsp3) is 0.600. The topological polar surface area (TPSA) is 65.4 Å². The van der Waals surface area contributed by atoms with E-state index in [-0.39, 0.29) is 5.91 Å². The van der Waals surface area contributed by atoms with Gasteiger partial charge in [-0.15, -0.1) is 0 Å². The molecule has 0 saturated heterocycles. The van der Waals surface area contributed by atoms with Crippen LogP contribution in [-0.4, -0.2) is 50.2 Å². The van der Waals surface area contributed by atoms with Gasteiger partial charge < -0.3 is 10.1 Å². The van der Waals surface area contributed by atoms with E-state index in [1.807, 2.05) is 18.2 Å². The smallest absolute Gasteiger partial charge is 0.220 e. The maximum Gasteiger partial charge on any atom is 0.220 e. The van der Waals surface area contributed by atoms with Crippen molar-refractivity contribution in [2.45, 2.75) is 57.4 Å². The number of ether oxygens (including phenoxy) is 1. The van der Waals surface area contributed by atoms with Crippen molar-refractivity contribution in [1.29, 1.82) is 5.26 Å². The van der Waals surface area contributed by atoms with Crippen molar-refractivity contribution in [3.05, 3.63) is 41.5 Å². The summed E-state index contributed by atoms with van der Waals surface area (Å²) in [5, 5.41) is 12.3. The fourth-order valence-corrected chi connectivity index (χ4v) is 4.60. The van der Waals surface area contributed by atoms with Gasteiger partial charge in [0.2, 0.25) is 5.91 Å². The zero-order valence-electron chi connectivity index (χ0n) is 18.2. The number of hydrogen-bond donors (Lipinski definition) is 1. The van der Waals surface area contributed by atoms with E-state index >= 15 is 0 Å². The second kappa shape index (κ2) is 11.9. The molecular formula is C25H35N3O2. The Bertz CT molecular complexity index is 760. The summed E-state index contributed by atoms with van der Waals surface area (Å²) in [5.41, 5.74) is 3.29. The molecule has 0 atom stereocenters. The van der Waals surface area contributed by atoms with Crippen LogP contribution in [0.2, 0.25) is 0 Å². The van der Waals surface area contributed by atoms with Crippen LogP contribution < -0.4 is 5.32 Å². The van der Waals surface area contributed by atoms with Gasteiger partial charge in [0.1, 0.15) is 0 Å². The minimum Gasteiger partial charge on any atom is -0.385 e. The summed E-state index contributed by atoms with van der Waals surface area (Å²) in [6, 6.07) is 10.5. The highest BCUT2D eigenvalue weighted by Gasteiger charge is 2.23. The first-order valence-corrected chi connectivity index (χ1v) is 11.4. The predicted octanol–water partition coefficient (Wildman–Crippen LogP) is 4.14. The molecule has 5 heteroatoms.